The van der Waals surface area contributed by atoms with Crippen LogP contribution in [0.1, 0.15) is 44.6 Å². The first-order valence-electron chi connectivity index (χ1n) is 9.16. The van der Waals surface area contributed by atoms with Gasteiger partial charge in [0.1, 0.15) is 0 Å². The van der Waals surface area contributed by atoms with Crippen LogP contribution in [0.15, 0.2) is 21.5 Å². The van der Waals surface area contributed by atoms with E-state index in [9.17, 15) is 13.2 Å². The number of anilines is 1. The number of benzene rings is 1. The molecule has 8 heteroatoms. The van der Waals surface area contributed by atoms with Crippen molar-refractivity contribution < 1.29 is 17.9 Å². The van der Waals surface area contributed by atoms with Crippen LogP contribution in [0.5, 0.6) is 0 Å². The maximum Gasteiger partial charge on any atom is 0.244 e. The number of ether oxygens (including phenoxy) is 1. The monoisotopic (exact) mass is 444 g/mol. The Bertz CT molecular complexity index is 782. The highest BCUT2D eigenvalue weighted by Gasteiger charge is 2.31. The van der Waals surface area contributed by atoms with E-state index in [0.29, 0.717) is 49.1 Å². The molecule has 0 bridgehead atoms. The summed E-state index contributed by atoms with van der Waals surface area (Å²) in [5.41, 5.74) is 1.56. The molecule has 2 heterocycles. The fourth-order valence-corrected chi connectivity index (χ4v) is 6.02. The van der Waals surface area contributed by atoms with E-state index in [1.807, 2.05) is 6.07 Å². The summed E-state index contributed by atoms with van der Waals surface area (Å²) >= 11 is 3.42. The maximum absolute atomic E-state index is 13.2. The third-order valence-corrected chi connectivity index (χ3v) is 7.72. The van der Waals surface area contributed by atoms with Crippen molar-refractivity contribution in [3.05, 3.63) is 22.2 Å². The molecule has 3 rings (SSSR count). The molecule has 0 spiro atoms. The Kier molecular flexibility index (Phi) is 6.37. The summed E-state index contributed by atoms with van der Waals surface area (Å²) in [6.07, 6.45) is 4.52. The standard InChI is InChI=1S/C18H25BrN2O4S/c1-2-10-25-14-4-3-8-21(9-7-14)26(23,24)17-12-16-13(11-15(17)19)5-6-18(22)20-16/h11-12,14H,2-10H2,1H3,(H,20,22)/t14-/m0/s1. The lowest BCUT2D eigenvalue weighted by atomic mass is 10.0. The van der Waals surface area contributed by atoms with E-state index in [0.717, 1.165) is 24.8 Å². The zero-order valence-corrected chi connectivity index (χ0v) is 17.4. The number of aryl methyl sites for hydroxylation is 1. The molecule has 2 aliphatic heterocycles. The molecule has 1 atom stereocenters. The van der Waals surface area contributed by atoms with Crippen LogP contribution < -0.4 is 5.32 Å². The van der Waals surface area contributed by atoms with Crippen molar-refractivity contribution in [1.29, 1.82) is 0 Å². The van der Waals surface area contributed by atoms with Crippen molar-refractivity contribution in [3.8, 4) is 0 Å². The fourth-order valence-electron chi connectivity index (χ4n) is 3.45. The van der Waals surface area contributed by atoms with Gasteiger partial charge in [0.2, 0.25) is 15.9 Å². The Balaban J connectivity index is 1.82. The van der Waals surface area contributed by atoms with E-state index < -0.39 is 10.0 Å². The predicted octanol–water partition coefficient (Wildman–Crippen LogP) is 3.30. The Morgan fingerprint density at radius 1 is 1.27 bits per heavy atom. The van der Waals surface area contributed by atoms with Gasteiger partial charge >= 0.3 is 0 Å². The molecule has 2 aliphatic rings. The molecular weight excluding hydrogens is 420 g/mol. The Morgan fingerprint density at radius 3 is 2.85 bits per heavy atom. The minimum absolute atomic E-state index is 0.0751. The molecule has 1 aromatic carbocycles. The lowest BCUT2D eigenvalue weighted by molar-refractivity contribution is -0.116. The molecule has 0 radical (unpaired) electrons. The molecule has 26 heavy (non-hydrogen) atoms. The molecule has 0 aromatic heterocycles. The van der Waals surface area contributed by atoms with Gasteiger partial charge in [0.15, 0.2) is 0 Å². The number of rotatable bonds is 5. The van der Waals surface area contributed by atoms with Crippen molar-refractivity contribution in [2.45, 2.75) is 56.4 Å². The van der Waals surface area contributed by atoms with E-state index >= 15 is 0 Å². The van der Waals surface area contributed by atoms with Gasteiger partial charge in [0.05, 0.1) is 11.0 Å². The SMILES string of the molecule is CCCO[C@H]1CCCN(S(=O)(=O)c2cc3c(cc2Br)CCC(=O)N3)CC1. The molecule has 0 saturated carbocycles. The highest BCUT2D eigenvalue weighted by molar-refractivity contribution is 9.10. The van der Waals surface area contributed by atoms with Gasteiger partial charge in [0, 0.05) is 36.3 Å². The Labute approximate surface area is 163 Å². The number of carbonyl (C=O) groups excluding carboxylic acids is 1. The minimum atomic E-state index is -3.63. The molecule has 1 amide bonds. The third-order valence-electron chi connectivity index (χ3n) is 4.86. The van der Waals surface area contributed by atoms with Crippen LogP contribution in [-0.4, -0.2) is 44.4 Å². The van der Waals surface area contributed by atoms with E-state index in [4.69, 9.17) is 4.74 Å². The van der Waals surface area contributed by atoms with Gasteiger partial charge in [-0.25, -0.2) is 8.42 Å². The molecule has 144 valence electrons. The molecule has 6 nitrogen and oxygen atoms in total. The lowest BCUT2D eigenvalue weighted by Crippen LogP contribution is -2.33. The summed E-state index contributed by atoms with van der Waals surface area (Å²) in [6.45, 7) is 3.73. The highest BCUT2D eigenvalue weighted by atomic mass is 79.9. The summed E-state index contributed by atoms with van der Waals surface area (Å²) < 4.78 is 34.3. The van der Waals surface area contributed by atoms with E-state index in [1.165, 1.54) is 0 Å². The predicted molar refractivity (Wildman–Crippen MR) is 104 cm³/mol. The van der Waals surface area contributed by atoms with Gasteiger partial charge in [0.25, 0.3) is 0 Å². The molecule has 1 aromatic rings. The van der Waals surface area contributed by atoms with Crippen LogP contribution in [0.3, 0.4) is 0 Å². The summed E-state index contributed by atoms with van der Waals surface area (Å²) in [4.78, 5) is 11.9. The second-order valence-corrected chi connectivity index (χ2v) is 9.58. The summed E-state index contributed by atoms with van der Waals surface area (Å²) in [7, 11) is -3.63. The average Bonchev–Trinajstić information content (AvgIpc) is 2.85. The van der Waals surface area contributed by atoms with Gasteiger partial charge < -0.3 is 10.1 Å². The zero-order chi connectivity index (χ0) is 18.7. The van der Waals surface area contributed by atoms with E-state index in [2.05, 4.69) is 28.2 Å². The number of nitrogens with one attached hydrogen (secondary N) is 1. The molecule has 1 fully saturated rings. The van der Waals surface area contributed by atoms with Gasteiger partial charge in [-0.3, -0.25) is 4.79 Å². The average molecular weight is 445 g/mol. The molecular formula is C18H25BrN2O4S. The third kappa shape index (κ3) is 4.30. The number of hydrogen-bond donors (Lipinski definition) is 1. The van der Waals surface area contributed by atoms with Crippen LogP contribution in [0.2, 0.25) is 0 Å². The maximum atomic E-state index is 13.2. The number of halogens is 1. The first-order chi connectivity index (χ1) is 12.4. The minimum Gasteiger partial charge on any atom is -0.378 e. The quantitative estimate of drug-likeness (QED) is 0.755. The molecule has 1 saturated heterocycles. The molecule has 0 aliphatic carbocycles. The van der Waals surface area contributed by atoms with E-state index in [-0.39, 0.29) is 16.9 Å². The zero-order valence-electron chi connectivity index (χ0n) is 15.0. The summed E-state index contributed by atoms with van der Waals surface area (Å²) in [5, 5.41) is 2.78. The summed E-state index contributed by atoms with van der Waals surface area (Å²) in [5.74, 6) is -0.0751. The van der Waals surface area contributed by atoms with Gasteiger partial charge in [-0.05, 0) is 65.7 Å². The molecule has 1 N–H and O–H groups in total. The highest BCUT2D eigenvalue weighted by Crippen LogP contribution is 2.34. The second kappa shape index (κ2) is 8.37. The Morgan fingerprint density at radius 2 is 2.08 bits per heavy atom. The van der Waals surface area contributed by atoms with Crippen LogP contribution in [0.25, 0.3) is 0 Å². The lowest BCUT2D eigenvalue weighted by Gasteiger charge is -2.23. The number of carbonyl (C=O) groups is 1. The van der Waals surface area contributed by atoms with Crippen molar-refractivity contribution in [2.75, 3.05) is 25.0 Å². The van der Waals surface area contributed by atoms with Crippen LogP contribution in [-0.2, 0) is 26.0 Å². The first kappa shape index (κ1) is 19.8. The number of hydrogen-bond acceptors (Lipinski definition) is 4. The smallest absolute Gasteiger partial charge is 0.244 e. The van der Waals surface area contributed by atoms with Crippen molar-refractivity contribution in [1.82, 2.24) is 4.31 Å². The van der Waals surface area contributed by atoms with Gasteiger partial charge in [-0.15, -0.1) is 0 Å². The number of amides is 1. The largest absolute Gasteiger partial charge is 0.378 e. The van der Waals surface area contributed by atoms with E-state index in [1.54, 1.807) is 10.4 Å². The first-order valence-corrected chi connectivity index (χ1v) is 11.4. The van der Waals surface area contributed by atoms with Gasteiger partial charge in [-0.2, -0.15) is 4.31 Å². The van der Waals surface area contributed by atoms with Crippen LogP contribution >= 0.6 is 15.9 Å². The van der Waals surface area contributed by atoms with Crippen LogP contribution in [0.4, 0.5) is 5.69 Å². The number of fused-ring (bicyclic) bond motifs is 1. The normalized spacial score (nSPS) is 21.8. The Hall–Kier alpha value is -0.960. The van der Waals surface area contributed by atoms with Crippen molar-refractivity contribution in [3.63, 3.8) is 0 Å². The second-order valence-electron chi connectivity index (χ2n) is 6.82. The van der Waals surface area contributed by atoms with Gasteiger partial charge in [-0.1, -0.05) is 6.92 Å². The number of nitrogens with zero attached hydrogens (tertiary/aromatic N) is 1. The topological polar surface area (TPSA) is 75.7 Å². The summed E-state index contributed by atoms with van der Waals surface area (Å²) in [6, 6.07) is 3.40. The number of sulfonamides is 1. The van der Waals surface area contributed by atoms with Crippen LogP contribution in [0, 0.1) is 0 Å². The van der Waals surface area contributed by atoms with Crippen molar-refractivity contribution in [2.24, 2.45) is 0 Å². The fraction of sp³-hybridized carbons (Fsp3) is 0.611. The molecule has 0 unspecified atom stereocenters. The van der Waals surface area contributed by atoms with Crippen molar-refractivity contribution >= 4 is 37.5 Å².